The van der Waals surface area contributed by atoms with Crippen LogP contribution in [0.1, 0.15) is 58.8 Å². The molecule has 2 amide bonds. The van der Waals surface area contributed by atoms with Gasteiger partial charge in [0.25, 0.3) is 0 Å². The van der Waals surface area contributed by atoms with Crippen molar-refractivity contribution in [1.29, 1.82) is 0 Å². The minimum absolute atomic E-state index is 0.00220. The summed E-state index contributed by atoms with van der Waals surface area (Å²) in [4.78, 5) is 24.8. The Kier molecular flexibility index (Phi) is 7.41. The quantitative estimate of drug-likeness (QED) is 0.706. The van der Waals surface area contributed by atoms with Gasteiger partial charge in [-0.25, -0.2) is 4.79 Å². The summed E-state index contributed by atoms with van der Waals surface area (Å²) in [5.41, 5.74) is 0. The van der Waals surface area contributed by atoms with Crippen LogP contribution in [-0.2, 0) is 4.79 Å². The fourth-order valence-corrected chi connectivity index (χ4v) is 2.79. The number of hydrogen-bond acceptors (Lipinski definition) is 2. The maximum atomic E-state index is 12.2. The molecule has 0 aliphatic heterocycles. The number of aliphatic carboxylic acids is 1. The van der Waals surface area contributed by atoms with Crippen molar-refractivity contribution in [3.05, 3.63) is 0 Å². The molecular weight excluding hydrogens is 256 g/mol. The van der Waals surface area contributed by atoms with Gasteiger partial charge in [-0.05, 0) is 32.6 Å². The van der Waals surface area contributed by atoms with E-state index < -0.39 is 5.97 Å². The van der Waals surface area contributed by atoms with Crippen molar-refractivity contribution >= 4 is 12.0 Å². The van der Waals surface area contributed by atoms with Crippen LogP contribution in [0.4, 0.5) is 4.79 Å². The molecule has 0 heterocycles. The monoisotopic (exact) mass is 284 g/mol. The minimum Gasteiger partial charge on any atom is -0.481 e. The summed E-state index contributed by atoms with van der Waals surface area (Å²) < 4.78 is 0. The maximum Gasteiger partial charge on any atom is 0.317 e. The lowest BCUT2D eigenvalue weighted by molar-refractivity contribution is -0.141. The molecule has 0 aromatic rings. The van der Waals surface area contributed by atoms with Gasteiger partial charge in [0.2, 0.25) is 0 Å². The van der Waals surface area contributed by atoms with Crippen LogP contribution in [0.15, 0.2) is 0 Å². The van der Waals surface area contributed by atoms with Gasteiger partial charge in [-0.3, -0.25) is 4.79 Å². The molecule has 5 heteroatoms. The van der Waals surface area contributed by atoms with Gasteiger partial charge in [-0.15, -0.1) is 0 Å². The van der Waals surface area contributed by atoms with Gasteiger partial charge in [-0.1, -0.05) is 26.2 Å². The zero-order valence-corrected chi connectivity index (χ0v) is 12.7. The molecule has 0 bridgehead atoms. The van der Waals surface area contributed by atoms with Gasteiger partial charge in [0.1, 0.15) is 0 Å². The molecule has 1 atom stereocenters. The fraction of sp³-hybridized carbons (Fsp3) is 0.867. The Morgan fingerprint density at radius 3 is 2.50 bits per heavy atom. The molecule has 1 aliphatic rings. The highest BCUT2D eigenvalue weighted by atomic mass is 16.4. The Labute approximate surface area is 121 Å². The summed E-state index contributed by atoms with van der Waals surface area (Å²) in [6, 6.07) is 0.383. The first-order chi connectivity index (χ1) is 9.56. The van der Waals surface area contributed by atoms with E-state index in [1.54, 1.807) is 6.92 Å². The van der Waals surface area contributed by atoms with E-state index in [0.717, 1.165) is 19.4 Å². The first kappa shape index (κ1) is 16.8. The second-order valence-electron chi connectivity index (χ2n) is 5.69. The van der Waals surface area contributed by atoms with Crippen molar-refractivity contribution in [3.8, 4) is 0 Å². The molecule has 1 rings (SSSR count). The summed E-state index contributed by atoms with van der Waals surface area (Å²) in [7, 11) is 0. The zero-order valence-electron chi connectivity index (χ0n) is 12.7. The van der Waals surface area contributed by atoms with Gasteiger partial charge in [0.15, 0.2) is 0 Å². The minimum atomic E-state index is -0.770. The number of hydrogen-bond donors (Lipinski definition) is 2. The second kappa shape index (κ2) is 8.82. The molecule has 5 nitrogen and oxygen atoms in total. The lowest BCUT2D eigenvalue weighted by atomic mass is 9.94. The van der Waals surface area contributed by atoms with Crippen molar-refractivity contribution in [2.24, 2.45) is 5.92 Å². The van der Waals surface area contributed by atoms with Gasteiger partial charge >= 0.3 is 12.0 Å². The number of nitrogens with zero attached hydrogens (tertiary/aromatic N) is 1. The first-order valence-electron chi connectivity index (χ1n) is 7.83. The number of carboxylic acid groups (broad SMARTS) is 1. The topological polar surface area (TPSA) is 69.6 Å². The highest BCUT2D eigenvalue weighted by Crippen LogP contribution is 2.22. The van der Waals surface area contributed by atoms with Gasteiger partial charge in [-0.2, -0.15) is 0 Å². The highest BCUT2D eigenvalue weighted by molar-refractivity contribution is 5.74. The van der Waals surface area contributed by atoms with E-state index >= 15 is 0 Å². The second-order valence-corrected chi connectivity index (χ2v) is 5.69. The van der Waals surface area contributed by atoms with Crippen molar-refractivity contribution < 1.29 is 14.7 Å². The van der Waals surface area contributed by atoms with Crippen LogP contribution in [-0.4, -0.2) is 41.1 Å². The first-order valence-corrected chi connectivity index (χ1v) is 7.83. The smallest absolute Gasteiger partial charge is 0.317 e. The Hall–Kier alpha value is -1.26. The molecule has 1 fully saturated rings. The molecule has 116 valence electrons. The van der Waals surface area contributed by atoms with E-state index in [9.17, 15) is 9.59 Å². The molecule has 1 unspecified atom stereocenters. The summed E-state index contributed by atoms with van der Waals surface area (Å²) >= 11 is 0. The molecule has 0 spiro atoms. The standard InChI is InChI=1S/C15H28N2O3/c1-3-17(13-9-5-4-6-10-13)15(20)16-11-7-8-12(2)14(18)19/h12-13H,3-11H2,1-2H3,(H,16,20)(H,18,19). The molecule has 0 radical (unpaired) electrons. The molecule has 2 N–H and O–H groups in total. The summed E-state index contributed by atoms with van der Waals surface area (Å²) in [6.07, 6.45) is 7.24. The van der Waals surface area contributed by atoms with E-state index in [-0.39, 0.29) is 11.9 Å². The third kappa shape index (κ3) is 5.39. The number of carbonyl (C=O) groups is 2. The van der Waals surface area contributed by atoms with Crippen LogP contribution >= 0.6 is 0 Å². The number of carboxylic acids is 1. The van der Waals surface area contributed by atoms with Crippen LogP contribution in [0, 0.1) is 5.92 Å². The van der Waals surface area contributed by atoms with Crippen molar-refractivity contribution in [1.82, 2.24) is 10.2 Å². The third-order valence-electron chi connectivity index (χ3n) is 4.13. The number of carbonyl (C=O) groups excluding carboxylic acids is 1. The molecule has 0 aromatic heterocycles. The van der Waals surface area contributed by atoms with Crippen LogP contribution in [0.25, 0.3) is 0 Å². The van der Waals surface area contributed by atoms with Crippen LogP contribution in [0.2, 0.25) is 0 Å². The fourth-order valence-electron chi connectivity index (χ4n) is 2.79. The normalized spacial score (nSPS) is 17.5. The van der Waals surface area contributed by atoms with Crippen molar-refractivity contribution in [2.75, 3.05) is 13.1 Å². The number of rotatable bonds is 7. The van der Waals surface area contributed by atoms with Gasteiger partial charge in [0.05, 0.1) is 5.92 Å². The lowest BCUT2D eigenvalue weighted by Gasteiger charge is -2.33. The number of urea groups is 1. The summed E-state index contributed by atoms with van der Waals surface area (Å²) in [6.45, 7) is 5.01. The average molecular weight is 284 g/mol. The summed E-state index contributed by atoms with van der Waals surface area (Å²) in [5, 5.41) is 11.7. The lowest BCUT2D eigenvalue weighted by Crippen LogP contribution is -2.47. The Balaban J connectivity index is 2.27. The highest BCUT2D eigenvalue weighted by Gasteiger charge is 2.23. The van der Waals surface area contributed by atoms with Crippen LogP contribution in [0.5, 0.6) is 0 Å². The van der Waals surface area contributed by atoms with Crippen molar-refractivity contribution in [2.45, 2.75) is 64.8 Å². The predicted molar refractivity (Wildman–Crippen MR) is 78.7 cm³/mol. The molecule has 0 aromatic carbocycles. The maximum absolute atomic E-state index is 12.2. The Morgan fingerprint density at radius 1 is 1.30 bits per heavy atom. The van der Waals surface area contributed by atoms with Crippen LogP contribution < -0.4 is 5.32 Å². The van der Waals surface area contributed by atoms with Gasteiger partial charge in [0, 0.05) is 19.1 Å². The summed E-state index contributed by atoms with van der Waals surface area (Å²) in [5.74, 6) is -1.11. The van der Waals surface area contributed by atoms with E-state index in [1.807, 2.05) is 11.8 Å². The molecule has 1 aliphatic carbocycles. The average Bonchev–Trinajstić information content (AvgIpc) is 2.45. The van der Waals surface area contributed by atoms with Gasteiger partial charge < -0.3 is 15.3 Å². The van der Waals surface area contributed by atoms with Crippen LogP contribution in [0.3, 0.4) is 0 Å². The van der Waals surface area contributed by atoms with E-state index in [4.69, 9.17) is 5.11 Å². The van der Waals surface area contributed by atoms with E-state index in [0.29, 0.717) is 25.4 Å². The molecule has 20 heavy (non-hydrogen) atoms. The Bertz CT molecular complexity index is 314. The van der Waals surface area contributed by atoms with E-state index in [2.05, 4.69) is 5.32 Å². The third-order valence-corrected chi connectivity index (χ3v) is 4.13. The molecule has 1 saturated carbocycles. The predicted octanol–water partition coefficient (Wildman–Crippen LogP) is 2.85. The number of amides is 2. The molecular formula is C15H28N2O3. The number of nitrogens with one attached hydrogen (secondary N) is 1. The van der Waals surface area contributed by atoms with Crippen molar-refractivity contribution in [3.63, 3.8) is 0 Å². The Morgan fingerprint density at radius 2 is 1.95 bits per heavy atom. The van der Waals surface area contributed by atoms with E-state index in [1.165, 1.54) is 19.3 Å². The largest absolute Gasteiger partial charge is 0.481 e. The zero-order chi connectivity index (χ0) is 15.0. The molecule has 0 saturated heterocycles. The SMILES string of the molecule is CCN(C(=O)NCCCC(C)C(=O)O)C1CCCCC1.